The van der Waals surface area contributed by atoms with Crippen LogP contribution >= 0.6 is 31.0 Å². The molecule has 14 nitrogen and oxygen atoms in total. The maximum Gasteiger partial charge on any atom is 0.328 e. The molecule has 4 aromatic rings. The molecule has 7 rings (SSSR count). The van der Waals surface area contributed by atoms with Crippen molar-refractivity contribution in [2.24, 2.45) is 5.41 Å². The lowest BCUT2D eigenvalue weighted by atomic mass is 9.73. The second-order valence-electron chi connectivity index (χ2n) is 19.7. The number of thioether (sulfide) groups is 1. The van der Waals surface area contributed by atoms with Gasteiger partial charge >= 0.3 is 7.60 Å². The van der Waals surface area contributed by atoms with Gasteiger partial charge < -0.3 is 29.4 Å². The smallest absolute Gasteiger partial charge is 0.328 e. The largest absolute Gasteiger partial charge is 0.380 e. The summed E-state index contributed by atoms with van der Waals surface area (Å²) in [4.78, 5) is 33.4. The summed E-state index contributed by atoms with van der Waals surface area (Å²) in [5.74, 6) is -0.204. The Labute approximate surface area is 431 Å². The van der Waals surface area contributed by atoms with Crippen LogP contribution in [0.1, 0.15) is 68.8 Å². The van der Waals surface area contributed by atoms with Crippen molar-refractivity contribution < 1.29 is 35.6 Å². The van der Waals surface area contributed by atoms with E-state index in [-0.39, 0.29) is 45.3 Å². The van der Waals surface area contributed by atoms with E-state index in [1.54, 1.807) is 30.8 Å². The number of carbonyl (C=O) groups excluding carboxylic acids is 1. The molecule has 1 unspecified atom stereocenters. The number of hydrogen-bond donors (Lipinski definition) is 3. The normalized spacial score (nSPS) is 18.8. The summed E-state index contributed by atoms with van der Waals surface area (Å²) in [6, 6.07) is 28.7. The number of nitrogens with zero attached hydrogens (tertiary/aromatic N) is 4. The Hall–Kier alpha value is -3.74. The van der Waals surface area contributed by atoms with Gasteiger partial charge in [-0.2, -0.15) is 0 Å². The van der Waals surface area contributed by atoms with Crippen LogP contribution in [0.3, 0.4) is 0 Å². The third-order valence-corrected chi connectivity index (χ3v) is 19.0. The molecule has 0 aromatic heterocycles. The van der Waals surface area contributed by atoms with Crippen molar-refractivity contribution in [3.05, 3.63) is 119 Å². The number of anilines is 2. The summed E-state index contributed by atoms with van der Waals surface area (Å²) >= 11 is 7.86. The fourth-order valence-electron chi connectivity index (χ4n) is 9.62. The highest BCUT2D eigenvalue weighted by Gasteiger charge is 2.30. The molecule has 3 N–H and O–H groups in total. The Morgan fingerprint density at radius 2 is 1.51 bits per heavy atom. The standard InChI is InChI=1S/C52H70ClN6O8PS3/c1-5-67-68(61,62)35-9-25-56-27-29-57(30-28-56)26-23-44(39-69-46-10-7-6-8-11-46)54-49-21-20-47(36-50(49)70(4,63)64)71(65,66)55-51(60)41-14-18-45(19-15-41)59-33-31-58(32-34-59)38-42-37-52(2,3)24-22-48(42)40-12-16-43(53)17-13-40/h6-8,10-21,36,44,54H,5,9,22-35,37-39H2,1-4H3,(H,55,60)(H,61,62)/t44-/m1/s1. The highest BCUT2D eigenvalue weighted by atomic mass is 35.5. The van der Waals surface area contributed by atoms with E-state index in [0.29, 0.717) is 25.1 Å². The third-order valence-electron chi connectivity index (χ3n) is 13.6. The second-order valence-corrected chi connectivity index (χ2v) is 26.9. The monoisotopic (exact) mass is 1070 g/mol. The van der Waals surface area contributed by atoms with E-state index in [9.17, 15) is 31.1 Å². The number of hydrogen-bond acceptors (Lipinski definition) is 13. The number of nitrogens with one attached hydrogen (secondary N) is 2. The molecule has 19 heteroatoms. The predicted molar refractivity (Wildman–Crippen MR) is 288 cm³/mol. The molecule has 386 valence electrons. The molecule has 2 heterocycles. The first-order valence-electron chi connectivity index (χ1n) is 24.6. The van der Waals surface area contributed by atoms with Crippen LogP contribution in [-0.2, 0) is 28.9 Å². The van der Waals surface area contributed by atoms with Crippen LogP contribution in [-0.4, -0.2) is 145 Å². The zero-order valence-electron chi connectivity index (χ0n) is 41.4. The van der Waals surface area contributed by atoms with Crippen LogP contribution in [0.15, 0.2) is 117 Å². The first kappa shape index (κ1) is 55.0. The van der Waals surface area contributed by atoms with Gasteiger partial charge in [-0.05, 0) is 129 Å². The molecule has 0 bridgehead atoms. The summed E-state index contributed by atoms with van der Waals surface area (Å²) in [5.41, 5.74) is 5.81. The molecule has 1 amide bonds. The van der Waals surface area contributed by atoms with Crippen molar-refractivity contribution in [1.29, 1.82) is 0 Å². The van der Waals surface area contributed by atoms with Crippen LogP contribution < -0.4 is 14.9 Å². The highest BCUT2D eigenvalue weighted by Crippen LogP contribution is 2.44. The van der Waals surface area contributed by atoms with E-state index < -0.39 is 33.4 Å². The van der Waals surface area contributed by atoms with Crippen molar-refractivity contribution in [2.45, 2.75) is 73.6 Å². The lowest BCUT2D eigenvalue weighted by Crippen LogP contribution is -2.47. The van der Waals surface area contributed by atoms with Gasteiger partial charge in [0.15, 0.2) is 9.84 Å². The number of allylic oxidation sites excluding steroid dienone is 1. The predicted octanol–water partition coefficient (Wildman–Crippen LogP) is 8.84. The van der Waals surface area contributed by atoms with Crippen LogP contribution in [0.4, 0.5) is 11.4 Å². The van der Waals surface area contributed by atoms with Gasteiger partial charge in [0.05, 0.1) is 28.2 Å². The summed E-state index contributed by atoms with van der Waals surface area (Å²) < 4.78 is 73.4. The van der Waals surface area contributed by atoms with Gasteiger partial charge in [-0.3, -0.25) is 14.3 Å². The molecule has 0 radical (unpaired) electrons. The Morgan fingerprint density at radius 1 is 0.859 bits per heavy atom. The van der Waals surface area contributed by atoms with Crippen LogP contribution in [0, 0.1) is 5.41 Å². The maximum absolute atomic E-state index is 13.7. The second kappa shape index (κ2) is 24.5. The fraction of sp³-hybridized carbons (Fsp3) is 0.481. The van der Waals surface area contributed by atoms with Gasteiger partial charge in [-0.15, -0.1) is 11.8 Å². The van der Waals surface area contributed by atoms with Gasteiger partial charge in [0.1, 0.15) is 0 Å². The lowest BCUT2D eigenvalue weighted by molar-refractivity contribution is 0.0981. The summed E-state index contributed by atoms with van der Waals surface area (Å²) in [6.07, 6.45) is 5.68. The SMILES string of the molecule is CCOP(=O)(O)CCCN1CCN(CC[C@H](CSc2ccccc2)Nc2ccc(S(=O)(=O)NC(=O)c3ccc(N4CCN(CC5=C(c6ccc(Cl)cc6)CCC(C)(C)C5)CC4)cc3)cc2S(C)(=O)=O)CC1. The van der Waals surface area contributed by atoms with Gasteiger partial charge in [-0.1, -0.05) is 61.4 Å². The third kappa shape index (κ3) is 16.1. The molecule has 71 heavy (non-hydrogen) atoms. The number of rotatable bonds is 22. The van der Waals surface area contributed by atoms with Crippen molar-refractivity contribution in [1.82, 2.24) is 19.4 Å². The molecule has 2 aliphatic heterocycles. The van der Waals surface area contributed by atoms with Crippen LogP contribution in [0.5, 0.6) is 0 Å². The molecule has 3 aliphatic rings. The Morgan fingerprint density at radius 3 is 2.15 bits per heavy atom. The van der Waals surface area contributed by atoms with E-state index in [2.05, 4.69) is 55.6 Å². The number of halogens is 1. The molecule has 2 saturated heterocycles. The topological polar surface area (TPSA) is 169 Å². The van der Waals surface area contributed by atoms with Gasteiger partial charge in [0.2, 0.25) is 0 Å². The van der Waals surface area contributed by atoms with Gasteiger partial charge in [0.25, 0.3) is 15.9 Å². The molecule has 2 fully saturated rings. The average Bonchev–Trinajstić information content (AvgIpc) is 3.33. The number of benzene rings is 4. The van der Waals surface area contributed by atoms with E-state index in [0.717, 1.165) is 113 Å². The maximum atomic E-state index is 13.7. The Kier molecular flexibility index (Phi) is 19.0. The first-order chi connectivity index (χ1) is 33.8. The number of amides is 1. The molecular formula is C52H70ClN6O8PS3. The molecule has 1 aliphatic carbocycles. The minimum absolute atomic E-state index is 0.130. The Bertz CT molecular complexity index is 2730. The zero-order chi connectivity index (χ0) is 50.8. The van der Waals surface area contributed by atoms with E-state index in [1.807, 2.05) is 54.6 Å². The molecule has 2 atom stereocenters. The van der Waals surface area contributed by atoms with Gasteiger partial charge in [-0.25, -0.2) is 21.6 Å². The number of carbonyl (C=O) groups is 1. The molecule has 0 saturated carbocycles. The minimum Gasteiger partial charge on any atom is -0.380 e. The van der Waals surface area contributed by atoms with Crippen molar-refractivity contribution in [3.63, 3.8) is 0 Å². The van der Waals surface area contributed by atoms with Gasteiger partial charge in [0, 0.05) is 105 Å². The van der Waals surface area contributed by atoms with Crippen molar-refractivity contribution in [3.8, 4) is 0 Å². The minimum atomic E-state index is -4.47. The first-order valence-corrected chi connectivity index (χ1v) is 31.1. The Balaban J connectivity index is 0.952. The van der Waals surface area contributed by atoms with E-state index >= 15 is 0 Å². The zero-order valence-corrected chi connectivity index (χ0v) is 45.5. The molecule has 0 spiro atoms. The number of piperazine rings is 2. The molecule has 4 aromatic carbocycles. The number of sulfonamides is 1. The van der Waals surface area contributed by atoms with Crippen LogP contribution in [0.2, 0.25) is 5.02 Å². The van der Waals surface area contributed by atoms with E-state index in [1.165, 1.54) is 28.8 Å². The number of sulfone groups is 1. The highest BCUT2D eigenvalue weighted by molar-refractivity contribution is 7.99. The van der Waals surface area contributed by atoms with Crippen molar-refractivity contribution in [2.75, 3.05) is 107 Å². The summed E-state index contributed by atoms with van der Waals surface area (Å²) in [7, 11) is -12.0. The average molecular weight is 1070 g/mol. The van der Waals surface area contributed by atoms with Crippen molar-refractivity contribution >= 4 is 73.7 Å². The fourth-order valence-corrected chi connectivity index (χ4v) is 13.8. The summed E-state index contributed by atoms with van der Waals surface area (Å²) in [6.45, 7) is 15.6. The van der Waals surface area contributed by atoms with Crippen LogP contribution in [0.25, 0.3) is 5.57 Å². The quantitative estimate of drug-likeness (QED) is 0.0504. The molecular weight excluding hydrogens is 999 g/mol. The lowest BCUT2D eigenvalue weighted by Gasteiger charge is -2.39. The van der Waals surface area contributed by atoms with E-state index in [4.69, 9.17) is 16.1 Å². The summed E-state index contributed by atoms with van der Waals surface area (Å²) in [5, 5.41) is 4.18.